The number of benzene rings is 2. The van der Waals surface area contributed by atoms with E-state index in [1.54, 1.807) is 24.3 Å². The molecule has 0 aromatic heterocycles. The predicted molar refractivity (Wildman–Crippen MR) is 227 cm³/mol. The van der Waals surface area contributed by atoms with Crippen LogP contribution in [0.1, 0.15) is 75.8 Å². The molecule has 3 N–H and O–H groups in total. The Hall–Kier alpha value is -5.94. The molecule has 11 heteroatoms. The van der Waals surface area contributed by atoms with Gasteiger partial charge in [0.1, 0.15) is 0 Å². The van der Waals surface area contributed by atoms with E-state index in [9.17, 15) is 24.3 Å². The quantitative estimate of drug-likeness (QED) is 0.0333. The number of aromatic hydroxyl groups is 1. The molecule has 2 aromatic carbocycles. The van der Waals surface area contributed by atoms with E-state index in [0.717, 1.165) is 44.9 Å². The highest BCUT2D eigenvalue weighted by atomic mass is 16.6. The van der Waals surface area contributed by atoms with Crippen molar-refractivity contribution in [1.29, 1.82) is 0 Å². The predicted octanol–water partition coefficient (Wildman–Crippen LogP) is 8.81. The number of phenols is 1. The van der Waals surface area contributed by atoms with Crippen molar-refractivity contribution in [3.05, 3.63) is 120 Å². The van der Waals surface area contributed by atoms with Gasteiger partial charge in [-0.15, -0.1) is 0 Å². The standard InChI is InChI=1S/C46H58N2O9/c1-4-5-6-7-8-9-10-11-12-13-14-15-16-17-18-19-20-21-45(52)47-30-32-56-33-31-48-46(53)57-42-29-25-38(35-44(42)55-3)23-27-40(50)36-39(49)26-22-37-24-28-41(51)43(34-37)54-2/h5-6,8-9,11-12,14-15,17-18,22-29,34-35,51H,4,7,10,13,16,19-21,30-33,36H2,1-3H3,(H,47,52)(H,48,53). The number of hydrogen-bond acceptors (Lipinski definition) is 9. The maximum absolute atomic E-state index is 12.4. The van der Waals surface area contributed by atoms with Crippen molar-refractivity contribution in [3.8, 4) is 23.0 Å². The number of carbonyl (C=O) groups is 4. The molecule has 2 rings (SSSR count). The summed E-state index contributed by atoms with van der Waals surface area (Å²) in [5, 5.41) is 15.1. The lowest BCUT2D eigenvalue weighted by molar-refractivity contribution is -0.122. The number of carbonyl (C=O) groups excluding carboxylic acids is 4. The van der Waals surface area contributed by atoms with Crippen molar-refractivity contribution in [2.45, 2.75) is 64.7 Å². The number of unbranched alkanes of at least 4 members (excludes halogenated alkanes) is 1. The van der Waals surface area contributed by atoms with Gasteiger partial charge in [-0.3, -0.25) is 14.4 Å². The molecular weight excluding hydrogens is 725 g/mol. The fourth-order valence-electron chi connectivity index (χ4n) is 4.90. The van der Waals surface area contributed by atoms with Gasteiger partial charge in [0.15, 0.2) is 34.6 Å². The number of hydrogen-bond donors (Lipinski definition) is 3. The van der Waals surface area contributed by atoms with Crippen molar-refractivity contribution < 1.29 is 43.2 Å². The van der Waals surface area contributed by atoms with Gasteiger partial charge in [-0.2, -0.15) is 0 Å². The molecule has 57 heavy (non-hydrogen) atoms. The summed E-state index contributed by atoms with van der Waals surface area (Å²) in [5.41, 5.74) is 1.23. The van der Waals surface area contributed by atoms with Crippen LogP contribution in [0.15, 0.2) is 109 Å². The lowest BCUT2D eigenvalue weighted by Gasteiger charge is -2.11. The summed E-state index contributed by atoms with van der Waals surface area (Å²) in [4.78, 5) is 49.0. The average molecular weight is 783 g/mol. The summed E-state index contributed by atoms with van der Waals surface area (Å²) in [6.07, 6.45) is 33.2. The van der Waals surface area contributed by atoms with Crippen LogP contribution in [0.3, 0.4) is 0 Å². The highest BCUT2D eigenvalue weighted by Gasteiger charge is 2.11. The molecule has 0 heterocycles. The van der Waals surface area contributed by atoms with E-state index in [1.165, 1.54) is 50.7 Å². The van der Waals surface area contributed by atoms with Crippen LogP contribution in [0.2, 0.25) is 0 Å². The highest BCUT2D eigenvalue weighted by Crippen LogP contribution is 2.29. The second kappa shape index (κ2) is 30.3. The fourth-order valence-corrected chi connectivity index (χ4v) is 4.90. The molecule has 0 aliphatic heterocycles. The Bertz CT molecular complexity index is 1750. The van der Waals surface area contributed by atoms with Gasteiger partial charge in [-0.25, -0.2) is 4.79 Å². The van der Waals surface area contributed by atoms with Crippen molar-refractivity contribution in [2.24, 2.45) is 0 Å². The van der Waals surface area contributed by atoms with E-state index in [1.807, 2.05) is 0 Å². The topological polar surface area (TPSA) is 149 Å². The van der Waals surface area contributed by atoms with Gasteiger partial charge in [0.25, 0.3) is 0 Å². The summed E-state index contributed by atoms with van der Waals surface area (Å²) >= 11 is 0. The van der Waals surface area contributed by atoms with Crippen LogP contribution in [-0.4, -0.2) is 69.2 Å². The zero-order valence-electron chi connectivity index (χ0n) is 33.5. The van der Waals surface area contributed by atoms with Gasteiger partial charge < -0.3 is 34.7 Å². The van der Waals surface area contributed by atoms with E-state index in [2.05, 4.69) is 78.3 Å². The number of ketones is 2. The number of allylic oxidation sites excluding steroid dienone is 12. The molecule has 0 fully saturated rings. The molecule has 0 spiro atoms. The summed E-state index contributed by atoms with van der Waals surface area (Å²) in [6.45, 7) is 3.25. The molecule has 0 radical (unpaired) electrons. The number of amides is 2. The molecule has 2 amide bonds. The number of phenolic OH excluding ortho intramolecular Hbond substituents is 1. The van der Waals surface area contributed by atoms with E-state index in [0.29, 0.717) is 30.7 Å². The Kier molecular flexibility index (Phi) is 25.1. The summed E-state index contributed by atoms with van der Waals surface area (Å²) in [5.74, 6) is -0.108. The van der Waals surface area contributed by atoms with Crippen LogP contribution in [0.25, 0.3) is 12.2 Å². The summed E-state index contributed by atoms with van der Waals surface area (Å²) in [7, 11) is 2.85. The SMILES string of the molecule is CCC=CCC=CCC=CCC=CCC=CCCCC(=O)NCCOCCNC(=O)Oc1ccc(C=CC(=O)CC(=O)C=Cc2ccc(O)c(OC)c2)cc1OC. The lowest BCUT2D eigenvalue weighted by Crippen LogP contribution is -2.31. The summed E-state index contributed by atoms with van der Waals surface area (Å²) in [6, 6.07) is 9.40. The monoisotopic (exact) mass is 782 g/mol. The van der Waals surface area contributed by atoms with Crippen molar-refractivity contribution in [2.75, 3.05) is 40.5 Å². The first-order valence-corrected chi connectivity index (χ1v) is 19.3. The van der Waals surface area contributed by atoms with E-state index >= 15 is 0 Å². The summed E-state index contributed by atoms with van der Waals surface area (Å²) < 4.78 is 21.2. The minimum absolute atomic E-state index is 0.0162. The van der Waals surface area contributed by atoms with Gasteiger partial charge >= 0.3 is 6.09 Å². The smallest absolute Gasteiger partial charge is 0.412 e. The molecule has 0 unspecified atom stereocenters. The molecule has 306 valence electrons. The normalized spacial score (nSPS) is 11.9. The molecular formula is C46H58N2O9. The van der Waals surface area contributed by atoms with E-state index < -0.39 is 11.9 Å². The van der Waals surface area contributed by atoms with Crippen molar-refractivity contribution in [3.63, 3.8) is 0 Å². The van der Waals surface area contributed by atoms with Crippen LogP contribution in [0.4, 0.5) is 4.79 Å². The molecule has 0 saturated carbocycles. The van der Waals surface area contributed by atoms with Crippen LogP contribution in [0.5, 0.6) is 23.0 Å². The molecule has 2 aromatic rings. The fraction of sp³-hybridized carbons (Fsp3) is 0.348. The van der Waals surface area contributed by atoms with E-state index in [4.69, 9.17) is 18.9 Å². The first-order chi connectivity index (χ1) is 27.7. The molecule has 11 nitrogen and oxygen atoms in total. The minimum Gasteiger partial charge on any atom is -0.504 e. The maximum atomic E-state index is 12.4. The third-order valence-corrected chi connectivity index (χ3v) is 7.88. The van der Waals surface area contributed by atoms with Crippen LogP contribution in [-0.2, 0) is 19.1 Å². The largest absolute Gasteiger partial charge is 0.504 e. The first-order valence-electron chi connectivity index (χ1n) is 19.3. The zero-order chi connectivity index (χ0) is 41.4. The third kappa shape index (κ3) is 22.9. The zero-order valence-corrected chi connectivity index (χ0v) is 33.5. The second-order valence-electron chi connectivity index (χ2n) is 12.5. The Morgan fingerprint density at radius 3 is 1.75 bits per heavy atom. The van der Waals surface area contributed by atoms with Gasteiger partial charge in [0.05, 0.1) is 33.9 Å². The third-order valence-electron chi connectivity index (χ3n) is 7.88. The first kappa shape index (κ1) is 47.2. The highest BCUT2D eigenvalue weighted by molar-refractivity contribution is 6.10. The Balaban J connectivity index is 1.55. The molecule has 0 atom stereocenters. The van der Waals surface area contributed by atoms with Crippen molar-refractivity contribution in [1.82, 2.24) is 10.6 Å². The second-order valence-corrected chi connectivity index (χ2v) is 12.5. The van der Waals surface area contributed by atoms with Gasteiger partial charge in [-0.1, -0.05) is 92.0 Å². The van der Waals surface area contributed by atoms with Crippen LogP contribution < -0.4 is 24.8 Å². The van der Waals surface area contributed by atoms with Crippen molar-refractivity contribution >= 4 is 35.7 Å². The number of ether oxygens (including phenoxy) is 4. The number of methoxy groups -OCH3 is 2. The lowest BCUT2D eigenvalue weighted by atomic mass is 10.1. The molecule has 0 aliphatic rings. The maximum Gasteiger partial charge on any atom is 0.412 e. The molecule has 0 bridgehead atoms. The average Bonchev–Trinajstić information content (AvgIpc) is 3.20. The molecule has 0 saturated heterocycles. The van der Waals surface area contributed by atoms with Gasteiger partial charge in [0, 0.05) is 19.5 Å². The van der Waals surface area contributed by atoms with Crippen LogP contribution >= 0.6 is 0 Å². The Morgan fingerprint density at radius 2 is 1.18 bits per heavy atom. The molecule has 0 aliphatic carbocycles. The van der Waals surface area contributed by atoms with Crippen LogP contribution in [0, 0.1) is 0 Å². The van der Waals surface area contributed by atoms with E-state index in [-0.39, 0.29) is 54.3 Å². The Labute approximate surface area is 337 Å². The van der Waals surface area contributed by atoms with Gasteiger partial charge in [0.2, 0.25) is 5.91 Å². The van der Waals surface area contributed by atoms with Gasteiger partial charge in [-0.05, 0) is 92.5 Å². The number of nitrogens with one attached hydrogen (secondary N) is 2. The number of rotatable bonds is 28. The Morgan fingerprint density at radius 1 is 0.649 bits per heavy atom. The minimum atomic E-state index is -0.700.